The number of aliphatic carboxylic acids is 1. The molecule has 5 unspecified atom stereocenters. The van der Waals surface area contributed by atoms with Gasteiger partial charge in [0.25, 0.3) is 0 Å². The average molecular weight is 489 g/mol. The van der Waals surface area contributed by atoms with Crippen LogP contribution in [0.15, 0.2) is 4.99 Å². The Bertz CT molecular complexity index is 757. The van der Waals surface area contributed by atoms with E-state index in [0.29, 0.717) is 6.42 Å². The van der Waals surface area contributed by atoms with Gasteiger partial charge in [-0.2, -0.15) is 0 Å². The maximum Gasteiger partial charge on any atom is 0.326 e. The van der Waals surface area contributed by atoms with Crippen molar-refractivity contribution < 1.29 is 34.2 Å². The summed E-state index contributed by atoms with van der Waals surface area (Å²) in [6.45, 7) is 2.97. The van der Waals surface area contributed by atoms with Crippen LogP contribution in [0.3, 0.4) is 0 Å². The van der Waals surface area contributed by atoms with Gasteiger partial charge in [0, 0.05) is 6.54 Å². The Labute approximate surface area is 197 Å². The number of carboxylic acid groups (broad SMARTS) is 1. The van der Waals surface area contributed by atoms with Gasteiger partial charge in [0.2, 0.25) is 23.6 Å². The first kappa shape index (κ1) is 30.5. The molecule has 0 aliphatic rings. The van der Waals surface area contributed by atoms with E-state index in [1.54, 1.807) is 13.8 Å². The van der Waals surface area contributed by atoms with Crippen LogP contribution in [0.4, 0.5) is 0 Å². The SMILES string of the molecule is CCC(C)C(NC(=O)C(N)CO)C(=O)NC(CCCN=C(N)N)C(=O)NC(CC(N)=O)C(=O)O. The minimum Gasteiger partial charge on any atom is -0.480 e. The number of aliphatic hydroxyl groups is 1. The quantitative estimate of drug-likeness (QED) is 0.0573. The van der Waals surface area contributed by atoms with Crippen molar-refractivity contribution in [2.24, 2.45) is 33.8 Å². The maximum absolute atomic E-state index is 13.0. The summed E-state index contributed by atoms with van der Waals surface area (Å²) in [5.74, 6) is -5.34. The number of amides is 4. The second kappa shape index (κ2) is 15.4. The largest absolute Gasteiger partial charge is 0.480 e. The van der Waals surface area contributed by atoms with Crippen LogP contribution in [0.2, 0.25) is 0 Å². The van der Waals surface area contributed by atoms with Crippen molar-refractivity contribution in [2.45, 2.75) is 63.7 Å². The molecule has 0 spiro atoms. The van der Waals surface area contributed by atoms with Crippen LogP contribution >= 0.6 is 0 Å². The second-order valence-corrected chi connectivity index (χ2v) is 7.74. The van der Waals surface area contributed by atoms with Crippen molar-refractivity contribution in [3.05, 3.63) is 0 Å². The monoisotopic (exact) mass is 488 g/mol. The standard InChI is InChI=1S/C19H36N8O7/c1-3-9(2)14(27-15(30)10(20)8-28)17(32)25-11(5-4-6-24-19(22)23)16(31)26-12(18(33)34)7-13(21)29/h9-12,14,28H,3-8,20H2,1-2H3,(H2,21,29)(H,25,32)(H,26,31)(H,27,30)(H,33,34)(H4,22,23,24). The highest BCUT2D eigenvalue weighted by atomic mass is 16.4. The topological polar surface area (TPSA) is 278 Å². The fraction of sp³-hybridized carbons (Fsp3) is 0.684. The van der Waals surface area contributed by atoms with E-state index in [0.717, 1.165) is 0 Å². The zero-order valence-corrected chi connectivity index (χ0v) is 19.3. The number of hydrogen-bond acceptors (Lipinski definition) is 8. The molecular weight excluding hydrogens is 452 g/mol. The van der Waals surface area contributed by atoms with E-state index in [1.807, 2.05) is 0 Å². The fourth-order valence-electron chi connectivity index (χ4n) is 2.75. The number of guanidine groups is 1. The zero-order chi connectivity index (χ0) is 26.4. The number of nitrogens with one attached hydrogen (secondary N) is 3. The number of carbonyl (C=O) groups is 5. The average Bonchev–Trinajstić information content (AvgIpc) is 2.76. The molecule has 13 N–H and O–H groups in total. The third-order valence-electron chi connectivity index (χ3n) is 4.92. The van der Waals surface area contributed by atoms with Gasteiger partial charge < -0.3 is 49.1 Å². The van der Waals surface area contributed by atoms with E-state index in [9.17, 15) is 29.1 Å². The van der Waals surface area contributed by atoms with Crippen molar-refractivity contribution in [3.8, 4) is 0 Å². The highest BCUT2D eigenvalue weighted by molar-refractivity contribution is 5.95. The lowest BCUT2D eigenvalue weighted by molar-refractivity contribution is -0.144. The van der Waals surface area contributed by atoms with Crippen molar-refractivity contribution in [3.63, 3.8) is 0 Å². The number of carboxylic acids is 1. The third-order valence-corrected chi connectivity index (χ3v) is 4.92. The predicted octanol–water partition coefficient (Wildman–Crippen LogP) is -4.18. The molecule has 0 fully saturated rings. The van der Waals surface area contributed by atoms with Crippen LogP contribution in [0, 0.1) is 5.92 Å². The van der Waals surface area contributed by atoms with E-state index in [2.05, 4.69) is 20.9 Å². The number of aliphatic imine (C=N–C) groups is 1. The number of primary amides is 1. The van der Waals surface area contributed by atoms with Gasteiger partial charge in [-0.25, -0.2) is 4.79 Å². The fourth-order valence-corrected chi connectivity index (χ4v) is 2.75. The Balaban J connectivity index is 5.66. The summed E-state index contributed by atoms with van der Waals surface area (Å²) in [6, 6.07) is -5.19. The molecule has 0 aromatic heterocycles. The lowest BCUT2D eigenvalue weighted by atomic mass is 9.97. The van der Waals surface area contributed by atoms with Gasteiger partial charge in [-0.3, -0.25) is 24.2 Å². The number of nitrogens with zero attached hydrogens (tertiary/aromatic N) is 1. The van der Waals surface area contributed by atoms with Crippen LogP contribution < -0.4 is 38.9 Å². The minimum atomic E-state index is -1.60. The van der Waals surface area contributed by atoms with E-state index in [-0.39, 0.29) is 31.3 Å². The molecule has 4 amide bonds. The first-order valence-corrected chi connectivity index (χ1v) is 10.7. The molecule has 0 radical (unpaired) electrons. The molecule has 0 saturated carbocycles. The van der Waals surface area contributed by atoms with Gasteiger partial charge in [-0.15, -0.1) is 0 Å². The number of nitrogens with two attached hydrogens (primary N) is 4. The summed E-state index contributed by atoms with van der Waals surface area (Å²) in [6.07, 6.45) is 0.0717. The second-order valence-electron chi connectivity index (χ2n) is 7.74. The molecule has 194 valence electrons. The van der Waals surface area contributed by atoms with Gasteiger partial charge in [-0.1, -0.05) is 20.3 Å². The summed E-state index contributed by atoms with van der Waals surface area (Å²) in [5.41, 5.74) is 21.1. The molecule has 0 aromatic rings. The molecule has 0 bridgehead atoms. The van der Waals surface area contributed by atoms with E-state index in [4.69, 9.17) is 28.0 Å². The lowest BCUT2D eigenvalue weighted by Gasteiger charge is -2.27. The number of rotatable bonds is 16. The van der Waals surface area contributed by atoms with Gasteiger partial charge in [0.1, 0.15) is 24.2 Å². The molecule has 0 saturated heterocycles. The molecule has 0 aliphatic carbocycles. The molecular formula is C19H36N8O7. The molecule has 15 nitrogen and oxygen atoms in total. The third kappa shape index (κ3) is 11.4. The van der Waals surface area contributed by atoms with Gasteiger partial charge in [-0.05, 0) is 18.8 Å². The van der Waals surface area contributed by atoms with Gasteiger partial charge in [0.05, 0.1) is 13.0 Å². The van der Waals surface area contributed by atoms with Crippen LogP contribution in [-0.2, 0) is 24.0 Å². The van der Waals surface area contributed by atoms with E-state index < -0.39 is 66.8 Å². The molecule has 34 heavy (non-hydrogen) atoms. The number of hydrogen-bond donors (Lipinski definition) is 9. The lowest BCUT2D eigenvalue weighted by Crippen LogP contribution is -2.59. The van der Waals surface area contributed by atoms with Crippen LogP contribution in [-0.4, -0.2) is 83.1 Å². The highest BCUT2D eigenvalue weighted by Crippen LogP contribution is 2.10. The van der Waals surface area contributed by atoms with Crippen LogP contribution in [0.25, 0.3) is 0 Å². The Kier molecular flexibility index (Phi) is 13.8. The Morgan fingerprint density at radius 2 is 1.53 bits per heavy atom. The molecule has 0 aliphatic heterocycles. The normalized spacial score (nSPS) is 15.1. The maximum atomic E-state index is 13.0. The molecule has 5 atom stereocenters. The molecule has 0 aromatic carbocycles. The number of aliphatic hydroxyl groups excluding tert-OH is 1. The Morgan fingerprint density at radius 3 is 2.00 bits per heavy atom. The van der Waals surface area contributed by atoms with E-state index >= 15 is 0 Å². The highest BCUT2D eigenvalue weighted by Gasteiger charge is 2.32. The van der Waals surface area contributed by atoms with Crippen molar-refractivity contribution >= 4 is 35.6 Å². The smallest absolute Gasteiger partial charge is 0.326 e. The first-order valence-electron chi connectivity index (χ1n) is 10.7. The van der Waals surface area contributed by atoms with Crippen molar-refractivity contribution in [1.82, 2.24) is 16.0 Å². The molecule has 15 heteroatoms. The first-order chi connectivity index (χ1) is 15.8. The van der Waals surface area contributed by atoms with Crippen LogP contribution in [0.5, 0.6) is 0 Å². The van der Waals surface area contributed by atoms with Gasteiger partial charge >= 0.3 is 5.97 Å². The van der Waals surface area contributed by atoms with E-state index in [1.165, 1.54) is 0 Å². The van der Waals surface area contributed by atoms with Crippen molar-refractivity contribution in [1.29, 1.82) is 0 Å². The summed E-state index contributed by atoms with van der Waals surface area (Å²) in [5, 5.41) is 25.4. The predicted molar refractivity (Wildman–Crippen MR) is 122 cm³/mol. The Hall–Kier alpha value is -3.46. The Morgan fingerprint density at radius 1 is 0.941 bits per heavy atom. The number of carbonyl (C=O) groups excluding carboxylic acids is 4. The minimum absolute atomic E-state index is 0.00852. The van der Waals surface area contributed by atoms with Crippen molar-refractivity contribution in [2.75, 3.05) is 13.2 Å². The zero-order valence-electron chi connectivity index (χ0n) is 19.3. The van der Waals surface area contributed by atoms with Crippen LogP contribution in [0.1, 0.15) is 39.5 Å². The molecule has 0 rings (SSSR count). The summed E-state index contributed by atoms with van der Waals surface area (Å²) >= 11 is 0. The summed E-state index contributed by atoms with van der Waals surface area (Å²) < 4.78 is 0. The van der Waals surface area contributed by atoms with Gasteiger partial charge in [0.15, 0.2) is 5.96 Å². The summed E-state index contributed by atoms with van der Waals surface area (Å²) in [4.78, 5) is 64.2. The molecule has 0 heterocycles. The summed E-state index contributed by atoms with van der Waals surface area (Å²) in [7, 11) is 0.